The Bertz CT molecular complexity index is 1090. The van der Waals surface area contributed by atoms with E-state index in [9.17, 15) is 4.79 Å². The molecule has 0 spiro atoms. The topological polar surface area (TPSA) is 76.6 Å². The highest BCUT2D eigenvalue weighted by Crippen LogP contribution is 2.36. The van der Waals surface area contributed by atoms with Crippen molar-refractivity contribution in [2.24, 2.45) is 0 Å². The van der Waals surface area contributed by atoms with Crippen LogP contribution >= 0.6 is 0 Å². The molecule has 5 rings (SSSR count). The monoisotopic (exact) mass is 390 g/mol. The fourth-order valence-electron chi connectivity index (χ4n) is 3.82. The zero-order chi connectivity index (χ0) is 19.8. The van der Waals surface area contributed by atoms with Crippen molar-refractivity contribution in [1.29, 1.82) is 0 Å². The fraction of sp³-hybridized carbons (Fsp3) is 0.318. The Balaban J connectivity index is 1.59. The van der Waals surface area contributed by atoms with Crippen molar-refractivity contribution in [3.63, 3.8) is 0 Å². The second kappa shape index (κ2) is 7.24. The fourth-order valence-corrected chi connectivity index (χ4v) is 3.82. The molecular weight excluding hydrogens is 368 g/mol. The van der Waals surface area contributed by atoms with Gasteiger partial charge in [-0.15, -0.1) is 0 Å². The molecule has 7 heteroatoms. The minimum Gasteiger partial charge on any atom is -0.486 e. The summed E-state index contributed by atoms with van der Waals surface area (Å²) in [5.74, 6) is 1.42. The maximum atomic E-state index is 13.2. The molecule has 3 aromatic rings. The van der Waals surface area contributed by atoms with Crippen LogP contribution in [-0.4, -0.2) is 47.1 Å². The summed E-state index contributed by atoms with van der Waals surface area (Å²) < 4.78 is 11.3. The molecule has 0 atom stereocenters. The molecule has 148 valence electrons. The molecule has 0 saturated carbocycles. The van der Waals surface area contributed by atoms with Crippen molar-refractivity contribution >= 4 is 28.3 Å². The first-order valence-corrected chi connectivity index (χ1v) is 9.91. The second-order valence-corrected chi connectivity index (χ2v) is 7.35. The summed E-state index contributed by atoms with van der Waals surface area (Å²) in [6.45, 7) is 4.57. The molecule has 2 aromatic heterocycles. The molecule has 1 aromatic carbocycles. The van der Waals surface area contributed by atoms with Crippen molar-refractivity contribution in [2.75, 3.05) is 31.6 Å². The van der Waals surface area contributed by atoms with Crippen molar-refractivity contribution in [3.8, 4) is 11.5 Å². The molecule has 1 fully saturated rings. The molecule has 29 heavy (non-hydrogen) atoms. The first-order chi connectivity index (χ1) is 14.2. The zero-order valence-corrected chi connectivity index (χ0v) is 16.3. The lowest BCUT2D eigenvalue weighted by Crippen LogP contribution is -2.28. The third-order valence-electron chi connectivity index (χ3n) is 5.30. The van der Waals surface area contributed by atoms with Gasteiger partial charge in [0.1, 0.15) is 13.2 Å². The summed E-state index contributed by atoms with van der Waals surface area (Å²) in [4.78, 5) is 24.1. The lowest BCUT2D eigenvalue weighted by Gasteiger charge is -2.21. The van der Waals surface area contributed by atoms with Crippen LogP contribution in [0, 0.1) is 6.92 Å². The van der Waals surface area contributed by atoms with Gasteiger partial charge in [-0.3, -0.25) is 4.79 Å². The van der Waals surface area contributed by atoms with Crippen LogP contribution in [0.2, 0.25) is 0 Å². The standard InChI is InChI=1S/C22H22N4O3/c1-14-4-6-16-20(25-15-5-7-18-19(12-15)29-11-10-28-18)17(13-23-21(16)24-14)22(27)26-8-2-3-9-26/h4-7,12-13H,2-3,8-11H2,1H3,(H,23,24,25). The molecule has 2 aliphatic rings. The molecule has 0 radical (unpaired) electrons. The van der Waals surface area contributed by atoms with Crippen LogP contribution in [0.15, 0.2) is 36.5 Å². The number of anilines is 2. The molecule has 1 amide bonds. The summed E-state index contributed by atoms with van der Waals surface area (Å²) in [6, 6.07) is 9.59. The number of benzene rings is 1. The van der Waals surface area contributed by atoms with Crippen molar-refractivity contribution in [3.05, 3.63) is 47.8 Å². The number of nitrogens with zero attached hydrogens (tertiary/aromatic N) is 3. The van der Waals surface area contributed by atoms with Gasteiger partial charge in [0, 0.05) is 42.1 Å². The van der Waals surface area contributed by atoms with Crippen LogP contribution in [-0.2, 0) is 0 Å². The van der Waals surface area contributed by atoms with Crippen LogP contribution in [0.5, 0.6) is 11.5 Å². The lowest BCUT2D eigenvalue weighted by atomic mass is 10.1. The summed E-state index contributed by atoms with van der Waals surface area (Å²) in [7, 11) is 0. The number of pyridine rings is 2. The van der Waals surface area contributed by atoms with Gasteiger partial charge in [0.05, 0.1) is 11.3 Å². The zero-order valence-electron chi connectivity index (χ0n) is 16.3. The van der Waals surface area contributed by atoms with E-state index in [0.717, 1.165) is 54.1 Å². The van der Waals surface area contributed by atoms with Gasteiger partial charge in [0.15, 0.2) is 17.1 Å². The van der Waals surface area contributed by atoms with E-state index >= 15 is 0 Å². The highest BCUT2D eigenvalue weighted by atomic mass is 16.6. The Morgan fingerprint density at radius 1 is 1.07 bits per heavy atom. The average molecular weight is 390 g/mol. The molecule has 1 saturated heterocycles. The maximum Gasteiger partial charge on any atom is 0.257 e. The number of hydrogen-bond acceptors (Lipinski definition) is 6. The van der Waals surface area contributed by atoms with Crippen molar-refractivity contribution in [2.45, 2.75) is 19.8 Å². The van der Waals surface area contributed by atoms with Gasteiger partial charge in [0.25, 0.3) is 5.91 Å². The number of rotatable bonds is 3. The number of fused-ring (bicyclic) bond motifs is 2. The van der Waals surface area contributed by atoms with E-state index in [0.29, 0.717) is 30.2 Å². The van der Waals surface area contributed by atoms with Crippen LogP contribution in [0.3, 0.4) is 0 Å². The quantitative estimate of drug-likeness (QED) is 0.735. The third kappa shape index (κ3) is 3.33. The SMILES string of the molecule is Cc1ccc2c(Nc3ccc4c(c3)OCCO4)c(C(=O)N3CCCC3)cnc2n1. The molecule has 4 heterocycles. The second-order valence-electron chi connectivity index (χ2n) is 7.35. The number of hydrogen-bond donors (Lipinski definition) is 1. The van der Waals surface area contributed by atoms with Crippen LogP contribution in [0.25, 0.3) is 11.0 Å². The Labute approximate surface area is 168 Å². The van der Waals surface area contributed by atoms with Crippen LogP contribution in [0.4, 0.5) is 11.4 Å². The van der Waals surface area contributed by atoms with E-state index in [2.05, 4.69) is 15.3 Å². The number of ether oxygens (including phenoxy) is 2. The van der Waals surface area contributed by atoms with Crippen molar-refractivity contribution in [1.82, 2.24) is 14.9 Å². The minimum absolute atomic E-state index is 0.00230. The molecule has 0 unspecified atom stereocenters. The number of aromatic nitrogens is 2. The largest absolute Gasteiger partial charge is 0.486 e. The Morgan fingerprint density at radius 3 is 2.69 bits per heavy atom. The molecule has 1 N–H and O–H groups in total. The van der Waals surface area contributed by atoms with E-state index in [1.54, 1.807) is 6.20 Å². The van der Waals surface area contributed by atoms with E-state index in [1.165, 1.54) is 0 Å². The smallest absolute Gasteiger partial charge is 0.257 e. The summed E-state index contributed by atoms with van der Waals surface area (Å²) in [5, 5.41) is 4.24. The molecule has 7 nitrogen and oxygen atoms in total. The number of carbonyl (C=O) groups excluding carboxylic acids is 1. The first kappa shape index (κ1) is 17.7. The third-order valence-corrected chi connectivity index (χ3v) is 5.30. The number of likely N-dealkylation sites (tertiary alicyclic amines) is 1. The number of nitrogens with one attached hydrogen (secondary N) is 1. The molecular formula is C22H22N4O3. The predicted octanol–water partition coefficient (Wildman–Crippen LogP) is 3.69. The lowest BCUT2D eigenvalue weighted by molar-refractivity contribution is 0.0793. The number of carbonyl (C=O) groups is 1. The van der Waals surface area contributed by atoms with Gasteiger partial charge in [-0.25, -0.2) is 9.97 Å². The highest BCUT2D eigenvalue weighted by Gasteiger charge is 2.24. The molecule has 0 aliphatic carbocycles. The minimum atomic E-state index is -0.00230. The number of aryl methyl sites for hydroxylation is 1. The molecule has 2 aliphatic heterocycles. The van der Waals surface area contributed by atoms with Crippen LogP contribution in [0.1, 0.15) is 28.9 Å². The number of amides is 1. The van der Waals surface area contributed by atoms with E-state index < -0.39 is 0 Å². The normalized spacial score (nSPS) is 15.6. The Hall–Kier alpha value is -3.35. The first-order valence-electron chi connectivity index (χ1n) is 9.91. The summed E-state index contributed by atoms with van der Waals surface area (Å²) in [5.41, 5.74) is 3.59. The van der Waals surface area contributed by atoms with Gasteiger partial charge in [-0.2, -0.15) is 0 Å². The molecule has 0 bridgehead atoms. The van der Waals surface area contributed by atoms with Gasteiger partial charge in [-0.1, -0.05) is 0 Å². The van der Waals surface area contributed by atoms with Crippen LogP contribution < -0.4 is 14.8 Å². The summed E-state index contributed by atoms with van der Waals surface area (Å²) >= 11 is 0. The van der Waals surface area contributed by atoms with E-state index in [4.69, 9.17) is 9.47 Å². The van der Waals surface area contributed by atoms with Gasteiger partial charge < -0.3 is 19.7 Å². The van der Waals surface area contributed by atoms with E-state index in [-0.39, 0.29) is 5.91 Å². The average Bonchev–Trinajstić information content (AvgIpc) is 3.28. The Kier molecular flexibility index (Phi) is 4.42. The van der Waals surface area contributed by atoms with Gasteiger partial charge in [0.2, 0.25) is 0 Å². The van der Waals surface area contributed by atoms with Gasteiger partial charge in [-0.05, 0) is 44.0 Å². The highest BCUT2D eigenvalue weighted by molar-refractivity contribution is 6.07. The van der Waals surface area contributed by atoms with Crippen molar-refractivity contribution < 1.29 is 14.3 Å². The van der Waals surface area contributed by atoms with E-state index in [1.807, 2.05) is 42.2 Å². The predicted molar refractivity (Wildman–Crippen MR) is 110 cm³/mol. The summed E-state index contributed by atoms with van der Waals surface area (Å²) in [6.07, 6.45) is 3.71. The Morgan fingerprint density at radius 2 is 1.86 bits per heavy atom. The maximum absolute atomic E-state index is 13.2. The van der Waals surface area contributed by atoms with Gasteiger partial charge >= 0.3 is 0 Å².